The van der Waals surface area contributed by atoms with Crippen molar-refractivity contribution in [3.05, 3.63) is 29.0 Å². The Kier molecular flexibility index (Phi) is 5.74. The number of rotatable bonds is 3. The number of aliphatic hydroxyl groups is 1. The van der Waals surface area contributed by atoms with Gasteiger partial charge in [-0.3, -0.25) is 9.59 Å². The molecule has 1 saturated carbocycles. The number of nitrogens with one attached hydrogen (secondary N) is 2. The van der Waals surface area contributed by atoms with E-state index in [0.29, 0.717) is 6.42 Å². The number of hydrogen-bond donors (Lipinski definition) is 3. The van der Waals surface area contributed by atoms with Gasteiger partial charge in [0.1, 0.15) is 0 Å². The van der Waals surface area contributed by atoms with Crippen LogP contribution in [0.1, 0.15) is 25.7 Å². The molecule has 2 atom stereocenters. The van der Waals surface area contributed by atoms with Crippen molar-refractivity contribution in [3.8, 4) is 0 Å². The van der Waals surface area contributed by atoms with Gasteiger partial charge in [0.2, 0.25) is 0 Å². The SMILES string of the molecule is O=C(NCC1CCCCC1O)C(=O)Nc1cccc(Cl)c1F. The molecule has 0 aliphatic heterocycles. The van der Waals surface area contributed by atoms with Gasteiger partial charge in [0, 0.05) is 12.5 Å². The molecule has 2 rings (SSSR count). The highest BCUT2D eigenvalue weighted by molar-refractivity contribution is 6.39. The van der Waals surface area contributed by atoms with Crippen LogP contribution in [0.25, 0.3) is 0 Å². The van der Waals surface area contributed by atoms with Gasteiger partial charge >= 0.3 is 11.8 Å². The number of hydrogen-bond acceptors (Lipinski definition) is 3. The highest BCUT2D eigenvalue weighted by Gasteiger charge is 2.24. The minimum atomic E-state index is -0.966. The van der Waals surface area contributed by atoms with E-state index >= 15 is 0 Å². The molecular formula is C15H18ClFN2O3. The molecule has 22 heavy (non-hydrogen) atoms. The number of amides is 2. The Morgan fingerprint density at radius 2 is 2.00 bits per heavy atom. The van der Waals surface area contributed by atoms with Gasteiger partial charge in [-0.15, -0.1) is 0 Å². The van der Waals surface area contributed by atoms with Crippen molar-refractivity contribution in [2.45, 2.75) is 31.8 Å². The van der Waals surface area contributed by atoms with Crippen molar-refractivity contribution in [1.29, 1.82) is 0 Å². The average Bonchev–Trinajstić information content (AvgIpc) is 2.50. The molecule has 1 fully saturated rings. The normalized spacial score (nSPS) is 21.2. The van der Waals surface area contributed by atoms with Gasteiger partial charge in [-0.1, -0.05) is 30.5 Å². The Balaban J connectivity index is 1.87. The summed E-state index contributed by atoms with van der Waals surface area (Å²) in [5.74, 6) is -2.66. The first-order valence-electron chi connectivity index (χ1n) is 7.20. The van der Waals surface area contributed by atoms with Gasteiger partial charge in [-0.2, -0.15) is 0 Å². The zero-order valence-electron chi connectivity index (χ0n) is 11.9. The third-order valence-corrected chi connectivity index (χ3v) is 4.09. The van der Waals surface area contributed by atoms with Crippen molar-refractivity contribution in [2.24, 2.45) is 5.92 Å². The number of benzene rings is 1. The monoisotopic (exact) mass is 328 g/mol. The quantitative estimate of drug-likeness (QED) is 0.743. The molecular weight excluding hydrogens is 311 g/mol. The minimum Gasteiger partial charge on any atom is -0.393 e. The highest BCUT2D eigenvalue weighted by Crippen LogP contribution is 2.24. The fourth-order valence-corrected chi connectivity index (χ4v) is 2.68. The van der Waals surface area contributed by atoms with Gasteiger partial charge in [-0.05, 0) is 25.0 Å². The Hall–Kier alpha value is -1.66. The van der Waals surface area contributed by atoms with E-state index < -0.39 is 23.7 Å². The van der Waals surface area contributed by atoms with Crippen LogP contribution >= 0.6 is 11.6 Å². The molecule has 2 unspecified atom stereocenters. The van der Waals surface area contributed by atoms with Crippen molar-refractivity contribution >= 4 is 29.1 Å². The maximum Gasteiger partial charge on any atom is 0.313 e. The van der Waals surface area contributed by atoms with Crippen LogP contribution in [0.2, 0.25) is 5.02 Å². The summed E-state index contributed by atoms with van der Waals surface area (Å²) in [5.41, 5.74) is -0.148. The molecule has 0 saturated heterocycles. The van der Waals surface area contributed by atoms with Gasteiger partial charge in [-0.25, -0.2) is 4.39 Å². The maximum absolute atomic E-state index is 13.6. The first-order valence-corrected chi connectivity index (χ1v) is 7.58. The van der Waals surface area contributed by atoms with Gasteiger partial charge in [0.15, 0.2) is 5.82 Å². The van der Waals surface area contributed by atoms with E-state index in [1.54, 1.807) is 0 Å². The van der Waals surface area contributed by atoms with Crippen LogP contribution < -0.4 is 10.6 Å². The molecule has 1 aliphatic rings. The molecule has 3 N–H and O–H groups in total. The van der Waals surface area contributed by atoms with E-state index in [1.165, 1.54) is 18.2 Å². The van der Waals surface area contributed by atoms with Gasteiger partial charge in [0.25, 0.3) is 0 Å². The fraction of sp³-hybridized carbons (Fsp3) is 0.467. The van der Waals surface area contributed by atoms with Crippen LogP contribution in [0.4, 0.5) is 10.1 Å². The van der Waals surface area contributed by atoms with Crippen molar-refractivity contribution in [2.75, 3.05) is 11.9 Å². The summed E-state index contributed by atoms with van der Waals surface area (Å²) in [6.07, 6.45) is 3.03. The first-order chi connectivity index (χ1) is 10.5. The Morgan fingerprint density at radius 3 is 2.73 bits per heavy atom. The third kappa shape index (κ3) is 4.18. The van der Waals surface area contributed by atoms with Crippen LogP contribution in [0, 0.1) is 11.7 Å². The Bertz CT molecular complexity index is 568. The first kappa shape index (κ1) is 16.7. The number of carbonyl (C=O) groups is 2. The van der Waals surface area contributed by atoms with E-state index in [-0.39, 0.29) is 23.2 Å². The van der Waals surface area contributed by atoms with Gasteiger partial charge < -0.3 is 15.7 Å². The van der Waals surface area contributed by atoms with Crippen LogP contribution in [-0.2, 0) is 9.59 Å². The second kappa shape index (κ2) is 7.56. The molecule has 2 amide bonds. The summed E-state index contributed by atoms with van der Waals surface area (Å²) >= 11 is 5.60. The van der Waals surface area contributed by atoms with Gasteiger partial charge in [0.05, 0.1) is 16.8 Å². The molecule has 5 nitrogen and oxygen atoms in total. The topological polar surface area (TPSA) is 78.4 Å². The summed E-state index contributed by atoms with van der Waals surface area (Å²) in [5, 5.41) is 14.3. The smallest absolute Gasteiger partial charge is 0.313 e. The predicted molar refractivity (Wildman–Crippen MR) is 81.0 cm³/mol. The number of carbonyl (C=O) groups excluding carboxylic acids is 2. The summed E-state index contributed by atoms with van der Waals surface area (Å²) in [4.78, 5) is 23.5. The number of halogens is 2. The standard InChI is InChI=1S/C15H18ClFN2O3/c16-10-5-3-6-11(13(10)17)19-15(22)14(21)18-8-9-4-1-2-7-12(9)20/h3,5-6,9,12,20H,1-2,4,7-8H2,(H,18,21)(H,19,22). The molecule has 120 valence electrons. The molecule has 0 spiro atoms. The van der Waals surface area contributed by atoms with Crippen molar-refractivity contribution in [1.82, 2.24) is 5.32 Å². The summed E-state index contributed by atoms with van der Waals surface area (Å²) in [6.45, 7) is 0.228. The van der Waals surface area contributed by atoms with E-state index in [0.717, 1.165) is 19.3 Å². The van der Waals surface area contributed by atoms with Crippen LogP contribution in [0.3, 0.4) is 0 Å². The third-order valence-electron chi connectivity index (χ3n) is 3.80. The molecule has 1 aromatic rings. The summed E-state index contributed by atoms with van der Waals surface area (Å²) < 4.78 is 13.6. The van der Waals surface area contributed by atoms with Crippen LogP contribution in [0.5, 0.6) is 0 Å². The molecule has 1 aromatic carbocycles. The highest BCUT2D eigenvalue weighted by atomic mass is 35.5. The maximum atomic E-state index is 13.6. The van der Waals surface area contributed by atoms with E-state index in [2.05, 4.69) is 10.6 Å². The van der Waals surface area contributed by atoms with E-state index in [4.69, 9.17) is 11.6 Å². The molecule has 7 heteroatoms. The largest absolute Gasteiger partial charge is 0.393 e. The second-order valence-corrected chi connectivity index (χ2v) is 5.78. The lowest BCUT2D eigenvalue weighted by Gasteiger charge is -2.27. The van der Waals surface area contributed by atoms with Crippen LogP contribution in [0.15, 0.2) is 18.2 Å². The Morgan fingerprint density at radius 1 is 1.27 bits per heavy atom. The molecule has 0 aromatic heterocycles. The molecule has 0 heterocycles. The minimum absolute atomic E-state index is 0.0478. The Labute approximate surface area is 132 Å². The van der Waals surface area contributed by atoms with Crippen LogP contribution in [-0.4, -0.2) is 29.6 Å². The number of anilines is 1. The van der Waals surface area contributed by atoms with E-state index in [1.807, 2.05) is 0 Å². The lowest BCUT2D eigenvalue weighted by Crippen LogP contribution is -2.41. The molecule has 0 bridgehead atoms. The van der Waals surface area contributed by atoms with Crippen molar-refractivity contribution in [3.63, 3.8) is 0 Å². The van der Waals surface area contributed by atoms with E-state index in [9.17, 15) is 19.1 Å². The zero-order chi connectivity index (χ0) is 16.1. The second-order valence-electron chi connectivity index (χ2n) is 5.38. The zero-order valence-corrected chi connectivity index (χ0v) is 12.7. The summed E-state index contributed by atoms with van der Waals surface area (Å²) in [6, 6.07) is 4.13. The summed E-state index contributed by atoms with van der Waals surface area (Å²) in [7, 11) is 0. The van der Waals surface area contributed by atoms with Crippen molar-refractivity contribution < 1.29 is 19.1 Å². The lowest BCUT2D eigenvalue weighted by molar-refractivity contribution is -0.136. The lowest BCUT2D eigenvalue weighted by atomic mass is 9.86. The fourth-order valence-electron chi connectivity index (χ4n) is 2.51. The average molecular weight is 329 g/mol. The molecule has 0 radical (unpaired) electrons. The number of aliphatic hydroxyl groups excluding tert-OH is 1. The molecule has 1 aliphatic carbocycles. The predicted octanol–water partition coefficient (Wildman–Crippen LogP) is 2.08.